The van der Waals surface area contributed by atoms with Crippen LogP contribution >= 0.6 is 0 Å². The van der Waals surface area contributed by atoms with Gasteiger partial charge in [-0.05, 0) is 13.8 Å². The number of rotatable bonds is 4. The van der Waals surface area contributed by atoms with E-state index in [1.54, 1.807) is 13.8 Å². The minimum Gasteiger partial charge on any atom is -0.346 e. The van der Waals surface area contributed by atoms with Crippen LogP contribution in [0, 0.1) is 5.82 Å². The normalized spacial score (nSPS) is 31.2. The lowest BCUT2D eigenvalue weighted by atomic mass is 10.1. The molecule has 140 valence electrons. The average Bonchev–Trinajstić information content (AvgIpc) is 2.93. The highest BCUT2D eigenvalue weighted by Crippen LogP contribution is 2.42. The summed E-state index contributed by atoms with van der Waals surface area (Å²) in [7, 11) is -3.72. The van der Waals surface area contributed by atoms with Gasteiger partial charge in [0.05, 0.1) is 19.1 Å². The highest BCUT2D eigenvalue weighted by atomic mass is 32.2. The van der Waals surface area contributed by atoms with Gasteiger partial charge >= 0.3 is 5.69 Å². The maximum Gasteiger partial charge on any atom is 0.330 e. The molecule has 0 amide bonds. The molecule has 25 heavy (non-hydrogen) atoms. The van der Waals surface area contributed by atoms with Crippen LogP contribution in [0.15, 0.2) is 15.8 Å². The summed E-state index contributed by atoms with van der Waals surface area (Å²) < 4.78 is 58.6. The third kappa shape index (κ3) is 3.67. The van der Waals surface area contributed by atoms with Crippen molar-refractivity contribution >= 4 is 10.1 Å². The number of nitrogens with one attached hydrogen (secondary N) is 1. The molecule has 3 heterocycles. The van der Waals surface area contributed by atoms with Gasteiger partial charge in [0, 0.05) is 0 Å². The van der Waals surface area contributed by atoms with E-state index in [9.17, 15) is 22.4 Å². The third-order valence-electron chi connectivity index (χ3n) is 3.77. The smallest absolute Gasteiger partial charge is 0.330 e. The Labute approximate surface area is 141 Å². The number of halogens is 1. The Hall–Kier alpha value is -1.60. The van der Waals surface area contributed by atoms with Crippen LogP contribution < -0.4 is 11.2 Å². The number of aromatic amines is 1. The molecular weight excluding hydrogens is 363 g/mol. The summed E-state index contributed by atoms with van der Waals surface area (Å²) in [6, 6.07) is 0. The van der Waals surface area contributed by atoms with E-state index in [0.717, 1.165) is 10.8 Å². The Morgan fingerprint density at radius 1 is 1.32 bits per heavy atom. The molecule has 0 saturated carbocycles. The maximum absolute atomic E-state index is 13.6. The van der Waals surface area contributed by atoms with Gasteiger partial charge in [0.15, 0.2) is 12.0 Å². The van der Waals surface area contributed by atoms with E-state index in [2.05, 4.69) is 0 Å². The molecule has 1 aromatic rings. The summed E-state index contributed by atoms with van der Waals surface area (Å²) in [5.41, 5.74) is -2.05. The van der Waals surface area contributed by atoms with Gasteiger partial charge in [-0.3, -0.25) is 18.5 Å². The lowest BCUT2D eigenvalue weighted by Crippen LogP contribution is -2.38. The van der Waals surface area contributed by atoms with Crippen LogP contribution in [0.3, 0.4) is 0 Å². The Bertz CT molecular complexity index is 892. The van der Waals surface area contributed by atoms with Gasteiger partial charge in [-0.1, -0.05) is 0 Å². The van der Waals surface area contributed by atoms with Crippen LogP contribution in [0.25, 0.3) is 0 Å². The molecule has 2 saturated heterocycles. The van der Waals surface area contributed by atoms with Gasteiger partial charge in [0.1, 0.15) is 18.3 Å². The number of aromatic nitrogens is 2. The zero-order chi connectivity index (χ0) is 18.6. The molecule has 1 N–H and O–H groups in total. The van der Waals surface area contributed by atoms with Crippen molar-refractivity contribution in [3.05, 3.63) is 32.9 Å². The minimum atomic E-state index is -3.72. The number of ether oxygens (including phenoxy) is 3. The van der Waals surface area contributed by atoms with E-state index < -0.39 is 57.5 Å². The Kier molecular flexibility index (Phi) is 4.36. The van der Waals surface area contributed by atoms with Crippen molar-refractivity contribution in [1.82, 2.24) is 9.55 Å². The van der Waals surface area contributed by atoms with E-state index in [-0.39, 0.29) is 6.61 Å². The lowest BCUT2D eigenvalue weighted by molar-refractivity contribution is -0.199. The first-order chi connectivity index (χ1) is 11.5. The summed E-state index contributed by atoms with van der Waals surface area (Å²) in [6.45, 7) is 2.90. The highest BCUT2D eigenvalue weighted by Gasteiger charge is 2.56. The van der Waals surface area contributed by atoms with Crippen LogP contribution in [0.4, 0.5) is 4.39 Å². The van der Waals surface area contributed by atoms with Gasteiger partial charge in [-0.2, -0.15) is 12.8 Å². The molecule has 0 radical (unpaired) electrons. The van der Waals surface area contributed by atoms with Crippen molar-refractivity contribution in [3.63, 3.8) is 0 Å². The Balaban J connectivity index is 1.94. The average molecular weight is 380 g/mol. The summed E-state index contributed by atoms with van der Waals surface area (Å²) in [5.74, 6) is -2.20. The SMILES string of the molecule is CC1(C)O[C@@H]2[C@H](O1)[C@@H](COS(C)(=O)=O)O[C@H]2n1cc(F)c(=O)[nH]c1=O. The van der Waals surface area contributed by atoms with Crippen LogP contribution in [-0.2, 0) is 28.5 Å². The second-order valence-electron chi connectivity index (χ2n) is 6.26. The largest absolute Gasteiger partial charge is 0.346 e. The fraction of sp³-hybridized carbons (Fsp3) is 0.692. The second-order valence-corrected chi connectivity index (χ2v) is 7.91. The zero-order valence-electron chi connectivity index (χ0n) is 13.6. The van der Waals surface area contributed by atoms with E-state index in [0.29, 0.717) is 6.20 Å². The van der Waals surface area contributed by atoms with Gasteiger partial charge in [0.25, 0.3) is 15.7 Å². The summed E-state index contributed by atoms with van der Waals surface area (Å²) in [6.07, 6.45) is -1.99. The lowest BCUT2D eigenvalue weighted by Gasteiger charge is -2.24. The number of hydrogen-bond donors (Lipinski definition) is 1. The van der Waals surface area contributed by atoms with Crippen LogP contribution in [0.5, 0.6) is 0 Å². The number of nitrogens with zero attached hydrogens (tertiary/aromatic N) is 1. The predicted octanol–water partition coefficient (Wildman–Crippen LogP) is -0.931. The van der Waals surface area contributed by atoms with Gasteiger partial charge < -0.3 is 14.2 Å². The number of hydrogen-bond acceptors (Lipinski definition) is 8. The third-order valence-corrected chi connectivity index (χ3v) is 4.33. The quantitative estimate of drug-likeness (QED) is 0.664. The van der Waals surface area contributed by atoms with E-state index >= 15 is 0 Å². The van der Waals surface area contributed by atoms with Gasteiger partial charge in [-0.15, -0.1) is 0 Å². The molecule has 0 aliphatic carbocycles. The van der Waals surface area contributed by atoms with Gasteiger partial charge in [0.2, 0.25) is 5.82 Å². The van der Waals surface area contributed by atoms with E-state index in [1.807, 2.05) is 4.98 Å². The molecule has 1 aromatic heterocycles. The summed E-state index contributed by atoms with van der Waals surface area (Å²) in [4.78, 5) is 25.0. The topological polar surface area (TPSA) is 126 Å². The van der Waals surface area contributed by atoms with Gasteiger partial charge in [-0.25, -0.2) is 4.79 Å². The van der Waals surface area contributed by atoms with Crippen molar-refractivity contribution in [2.45, 2.75) is 44.2 Å². The molecule has 2 fully saturated rings. The molecule has 3 rings (SSSR count). The second kappa shape index (κ2) is 5.99. The molecule has 12 heteroatoms. The zero-order valence-corrected chi connectivity index (χ0v) is 14.4. The van der Waals surface area contributed by atoms with Crippen LogP contribution in [0.2, 0.25) is 0 Å². The molecule has 0 spiro atoms. The molecule has 0 bridgehead atoms. The Morgan fingerprint density at radius 3 is 2.60 bits per heavy atom. The molecule has 2 aliphatic heterocycles. The Morgan fingerprint density at radius 2 is 1.96 bits per heavy atom. The first-order valence-corrected chi connectivity index (χ1v) is 9.15. The highest BCUT2D eigenvalue weighted by molar-refractivity contribution is 7.85. The van der Waals surface area contributed by atoms with E-state index in [4.69, 9.17) is 18.4 Å². The minimum absolute atomic E-state index is 0.365. The molecule has 0 aromatic carbocycles. The standard InChI is InChI=1S/C13H17FN2O8S/c1-13(2)23-8-7(5-21-25(3,19)20)22-11(9(8)24-13)16-4-6(14)10(17)15-12(16)18/h4,7-9,11H,5H2,1-3H3,(H,15,17,18)/t7-,8-,9-,11-/m1/s1. The van der Waals surface area contributed by atoms with Crippen LogP contribution in [-0.4, -0.2) is 54.9 Å². The molecular formula is C13H17FN2O8S. The first-order valence-electron chi connectivity index (χ1n) is 7.33. The van der Waals surface area contributed by atoms with Crippen molar-refractivity contribution in [1.29, 1.82) is 0 Å². The van der Waals surface area contributed by atoms with Crippen molar-refractivity contribution in [2.75, 3.05) is 12.9 Å². The molecule has 0 unspecified atom stereocenters. The number of fused-ring (bicyclic) bond motifs is 1. The van der Waals surface area contributed by atoms with Crippen molar-refractivity contribution in [3.8, 4) is 0 Å². The molecule has 10 nitrogen and oxygen atoms in total. The summed E-state index contributed by atoms with van der Waals surface area (Å²) in [5, 5.41) is 0. The number of H-pyrrole nitrogens is 1. The van der Waals surface area contributed by atoms with Crippen LogP contribution in [0.1, 0.15) is 20.1 Å². The predicted molar refractivity (Wildman–Crippen MR) is 79.8 cm³/mol. The molecule has 2 aliphatic rings. The van der Waals surface area contributed by atoms with Crippen molar-refractivity contribution < 1.29 is 31.2 Å². The first kappa shape index (κ1) is 18.2. The van der Waals surface area contributed by atoms with E-state index in [1.165, 1.54) is 0 Å². The maximum atomic E-state index is 13.6. The fourth-order valence-corrected chi connectivity index (χ4v) is 3.24. The summed E-state index contributed by atoms with van der Waals surface area (Å²) >= 11 is 0. The monoisotopic (exact) mass is 380 g/mol. The van der Waals surface area contributed by atoms with Crippen molar-refractivity contribution in [2.24, 2.45) is 0 Å². The fourth-order valence-electron chi connectivity index (χ4n) is 2.86. The molecule has 4 atom stereocenters.